The van der Waals surface area contributed by atoms with Crippen molar-refractivity contribution in [3.63, 3.8) is 0 Å². The van der Waals surface area contributed by atoms with Gasteiger partial charge in [-0.1, -0.05) is 12.1 Å². The molecule has 4 heteroatoms. The maximum Gasteiger partial charge on any atom is 0.161 e. The highest BCUT2D eigenvalue weighted by atomic mass is 16.6. The van der Waals surface area contributed by atoms with Gasteiger partial charge in [0, 0.05) is 0 Å². The zero-order valence-electron chi connectivity index (χ0n) is 7.85. The van der Waals surface area contributed by atoms with Crippen LogP contribution in [-0.2, 0) is 0 Å². The fraction of sp³-hybridized carbons (Fsp3) is 0.400. The van der Waals surface area contributed by atoms with E-state index in [0.29, 0.717) is 13.2 Å². The molecular weight excluding hydrogens is 184 g/mol. The molecule has 1 aliphatic rings. The normalized spacial score (nSPS) is 12.7. The van der Waals surface area contributed by atoms with E-state index >= 15 is 0 Å². The lowest BCUT2D eigenvalue weighted by atomic mass is 10.3. The molecule has 0 saturated heterocycles. The molecule has 1 heterocycles. The van der Waals surface area contributed by atoms with Crippen LogP contribution in [0.5, 0.6) is 11.5 Å². The van der Waals surface area contributed by atoms with E-state index in [4.69, 9.17) is 19.7 Å². The van der Waals surface area contributed by atoms with E-state index in [1.165, 1.54) is 0 Å². The van der Waals surface area contributed by atoms with Gasteiger partial charge in [-0.25, -0.2) is 0 Å². The number of fused-ring (bicyclic) bond motifs is 1. The molecule has 2 rings (SSSR count). The van der Waals surface area contributed by atoms with E-state index < -0.39 is 0 Å². The van der Waals surface area contributed by atoms with E-state index in [0.717, 1.165) is 11.5 Å². The number of para-hydroxylation sites is 2. The number of hydrogen-bond donors (Lipinski definition) is 2. The summed E-state index contributed by atoms with van der Waals surface area (Å²) < 4.78 is 10.6. The molecule has 1 aromatic carbocycles. The van der Waals surface area contributed by atoms with Gasteiger partial charge in [0.25, 0.3) is 0 Å². The molecule has 0 unspecified atom stereocenters. The summed E-state index contributed by atoms with van der Waals surface area (Å²) in [5.41, 5.74) is 0. The summed E-state index contributed by atoms with van der Waals surface area (Å²) in [5, 5.41) is 15.2. The molecule has 0 atom stereocenters. The summed E-state index contributed by atoms with van der Waals surface area (Å²) in [4.78, 5) is 0. The summed E-state index contributed by atoms with van der Waals surface area (Å²) in [6.07, 6.45) is 0. The van der Waals surface area contributed by atoms with Gasteiger partial charge in [-0.05, 0) is 12.1 Å². The van der Waals surface area contributed by atoms with Gasteiger partial charge in [0.15, 0.2) is 11.5 Å². The van der Waals surface area contributed by atoms with Crippen molar-refractivity contribution in [3.05, 3.63) is 24.3 Å². The van der Waals surface area contributed by atoms with E-state index in [1.807, 2.05) is 24.3 Å². The van der Waals surface area contributed by atoms with Crippen LogP contribution in [0.2, 0.25) is 0 Å². The standard InChI is InChI=1S/C8H8O2.C2H6O2/c1-2-4-8-7(3-1)9-5-6-10-8;3-1-2-4/h1-4H,5-6H2;3-4H,1-2H2. The highest BCUT2D eigenvalue weighted by molar-refractivity contribution is 5.40. The summed E-state index contributed by atoms with van der Waals surface area (Å²) in [6, 6.07) is 7.70. The molecule has 0 spiro atoms. The fourth-order valence-electron chi connectivity index (χ4n) is 0.992. The first kappa shape index (κ1) is 10.8. The van der Waals surface area contributed by atoms with Crippen LogP contribution >= 0.6 is 0 Å². The molecule has 0 saturated carbocycles. The lowest BCUT2D eigenvalue weighted by Gasteiger charge is -2.17. The minimum atomic E-state index is -0.125. The molecule has 0 fully saturated rings. The second kappa shape index (κ2) is 6.23. The number of aliphatic hydroxyl groups excluding tert-OH is 2. The molecule has 1 aromatic rings. The Balaban J connectivity index is 0.000000213. The van der Waals surface area contributed by atoms with Crippen molar-refractivity contribution in [1.82, 2.24) is 0 Å². The minimum absolute atomic E-state index is 0.125. The van der Waals surface area contributed by atoms with E-state index in [1.54, 1.807) is 0 Å². The van der Waals surface area contributed by atoms with Crippen LogP contribution in [0, 0.1) is 0 Å². The quantitative estimate of drug-likeness (QED) is 0.687. The van der Waals surface area contributed by atoms with E-state index in [-0.39, 0.29) is 13.2 Å². The molecule has 1 aliphatic heterocycles. The number of rotatable bonds is 1. The number of hydrogen-bond acceptors (Lipinski definition) is 4. The molecule has 4 nitrogen and oxygen atoms in total. The van der Waals surface area contributed by atoms with Crippen LogP contribution in [0.3, 0.4) is 0 Å². The van der Waals surface area contributed by atoms with Crippen LogP contribution in [-0.4, -0.2) is 36.6 Å². The zero-order valence-corrected chi connectivity index (χ0v) is 7.85. The Morgan fingerprint density at radius 2 is 1.36 bits per heavy atom. The Labute approximate surface area is 82.7 Å². The zero-order chi connectivity index (χ0) is 10.2. The van der Waals surface area contributed by atoms with Crippen molar-refractivity contribution in [1.29, 1.82) is 0 Å². The third-order valence-corrected chi connectivity index (χ3v) is 1.55. The summed E-state index contributed by atoms with van der Waals surface area (Å²) in [6.45, 7) is 1.08. The Kier molecular flexibility index (Phi) is 4.82. The first-order valence-electron chi connectivity index (χ1n) is 4.45. The van der Waals surface area contributed by atoms with Crippen LogP contribution < -0.4 is 9.47 Å². The summed E-state index contributed by atoms with van der Waals surface area (Å²) in [5.74, 6) is 1.71. The average molecular weight is 198 g/mol. The third kappa shape index (κ3) is 3.24. The molecule has 14 heavy (non-hydrogen) atoms. The molecule has 0 aliphatic carbocycles. The van der Waals surface area contributed by atoms with E-state index in [9.17, 15) is 0 Å². The Hall–Kier alpha value is -1.26. The second-order valence-electron chi connectivity index (χ2n) is 2.59. The smallest absolute Gasteiger partial charge is 0.161 e. The van der Waals surface area contributed by atoms with Crippen LogP contribution in [0.25, 0.3) is 0 Å². The molecule has 0 bridgehead atoms. The van der Waals surface area contributed by atoms with Gasteiger partial charge in [-0.3, -0.25) is 0 Å². The maximum absolute atomic E-state index is 7.62. The number of ether oxygens (including phenoxy) is 2. The Morgan fingerprint density at radius 1 is 0.929 bits per heavy atom. The fourth-order valence-corrected chi connectivity index (χ4v) is 0.992. The predicted molar refractivity (Wildman–Crippen MR) is 51.6 cm³/mol. The van der Waals surface area contributed by atoms with E-state index in [2.05, 4.69) is 0 Å². The van der Waals surface area contributed by atoms with Crippen molar-refractivity contribution in [2.45, 2.75) is 0 Å². The number of benzene rings is 1. The van der Waals surface area contributed by atoms with Gasteiger partial charge >= 0.3 is 0 Å². The monoisotopic (exact) mass is 198 g/mol. The largest absolute Gasteiger partial charge is 0.486 e. The highest BCUT2D eigenvalue weighted by Crippen LogP contribution is 2.28. The van der Waals surface area contributed by atoms with Crippen molar-refractivity contribution in [2.75, 3.05) is 26.4 Å². The van der Waals surface area contributed by atoms with Gasteiger partial charge in [0.05, 0.1) is 13.2 Å². The van der Waals surface area contributed by atoms with Gasteiger partial charge in [0.1, 0.15) is 13.2 Å². The molecule has 0 aromatic heterocycles. The third-order valence-electron chi connectivity index (χ3n) is 1.55. The Morgan fingerprint density at radius 3 is 1.71 bits per heavy atom. The average Bonchev–Trinajstić information content (AvgIpc) is 2.30. The topological polar surface area (TPSA) is 58.9 Å². The van der Waals surface area contributed by atoms with Crippen molar-refractivity contribution >= 4 is 0 Å². The van der Waals surface area contributed by atoms with Crippen LogP contribution in [0.1, 0.15) is 0 Å². The Bertz CT molecular complexity index is 235. The van der Waals surface area contributed by atoms with Crippen LogP contribution in [0.15, 0.2) is 24.3 Å². The van der Waals surface area contributed by atoms with Gasteiger partial charge in [-0.15, -0.1) is 0 Å². The van der Waals surface area contributed by atoms with Crippen molar-refractivity contribution in [3.8, 4) is 11.5 Å². The molecule has 78 valence electrons. The lowest BCUT2D eigenvalue weighted by Crippen LogP contribution is -2.14. The molecule has 0 amide bonds. The second-order valence-corrected chi connectivity index (χ2v) is 2.59. The lowest BCUT2D eigenvalue weighted by molar-refractivity contribution is 0.171. The first-order valence-corrected chi connectivity index (χ1v) is 4.45. The van der Waals surface area contributed by atoms with Gasteiger partial charge in [-0.2, -0.15) is 0 Å². The summed E-state index contributed by atoms with van der Waals surface area (Å²) >= 11 is 0. The number of aliphatic hydroxyl groups is 2. The van der Waals surface area contributed by atoms with Gasteiger partial charge < -0.3 is 19.7 Å². The van der Waals surface area contributed by atoms with Crippen molar-refractivity contribution in [2.24, 2.45) is 0 Å². The minimum Gasteiger partial charge on any atom is -0.486 e. The van der Waals surface area contributed by atoms with Crippen LogP contribution in [0.4, 0.5) is 0 Å². The summed E-state index contributed by atoms with van der Waals surface area (Å²) in [7, 11) is 0. The molecule has 0 radical (unpaired) electrons. The SMILES string of the molecule is OCCO.c1ccc2c(c1)OCCO2. The maximum atomic E-state index is 7.62. The molecule has 2 N–H and O–H groups in total. The predicted octanol–water partition coefficient (Wildman–Crippen LogP) is 0.429. The van der Waals surface area contributed by atoms with Gasteiger partial charge in [0.2, 0.25) is 0 Å². The first-order chi connectivity index (χ1) is 6.88. The molecular formula is C10H14O4. The highest BCUT2D eigenvalue weighted by Gasteiger charge is 2.07. The van der Waals surface area contributed by atoms with Crippen molar-refractivity contribution < 1.29 is 19.7 Å².